The molecule has 1 aliphatic heterocycles. The summed E-state index contributed by atoms with van der Waals surface area (Å²) in [4.78, 5) is 28.9. The molecule has 0 radical (unpaired) electrons. The quantitative estimate of drug-likeness (QED) is 0.815. The molecule has 0 spiro atoms. The van der Waals surface area contributed by atoms with Gasteiger partial charge < -0.3 is 0 Å². The number of carbonyl (C=O) groups excluding carboxylic acids is 2. The Hall–Kier alpha value is -1.62. The summed E-state index contributed by atoms with van der Waals surface area (Å²) in [5.74, 6) is -0.381. The first-order chi connectivity index (χ1) is 8.63. The minimum Gasteiger partial charge on any atom is -0.278 e. The molecule has 1 heterocycles. The lowest BCUT2D eigenvalue weighted by molar-refractivity contribution is -0.131. The summed E-state index contributed by atoms with van der Waals surface area (Å²) in [7, 11) is 0. The SMILES string of the molecule is CSC1=NC(=O)[C@@H](Cc2ccccc2)N1C(C)=O. The van der Waals surface area contributed by atoms with E-state index >= 15 is 0 Å². The maximum absolute atomic E-state index is 11.9. The third kappa shape index (κ3) is 2.46. The molecule has 2 rings (SSSR count). The standard InChI is InChI=1S/C13H14N2O2S/c1-9(16)15-11(12(17)14-13(15)18-2)8-10-6-4-3-5-7-10/h3-7,11H,8H2,1-2H3/t11-/m1/s1. The molecule has 0 saturated heterocycles. The van der Waals surface area contributed by atoms with E-state index in [0.29, 0.717) is 11.6 Å². The number of carbonyl (C=O) groups is 2. The van der Waals surface area contributed by atoms with Crippen molar-refractivity contribution in [1.82, 2.24) is 4.90 Å². The molecule has 0 N–H and O–H groups in total. The fraction of sp³-hybridized carbons (Fsp3) is 0.308. The maximum atomic E-state index is 11.9. The first-order valence-electron chi connectivity index (χ1n) is 5.63. The van der Waals surface area contributed by atoms with Gasteiger partial charge in [0.2, 0.25) is 5.91 Å². The van der Waals surface area contributed by atoms with E-state index in [-0.39, 0.29) is 11.8 Å². The summed E-state index contributed by atoms with van der Waals surface area (Å²) >= 11 is 1.32. The highest BCUT2D eigenvalue weighted by Gasteiger charge is 2.37. The predicted molar refractivity (Wildman–Crippen MR) is 72.4 cm³/mol. The number of thioether (sulfide) groups is 1. The van der Waals surface area contributed by atoms with E-state index in [1.807, 2.05) is 36.6 Å². The van der Waals surface area contributed by atoms with E-state index in [1.165, 1.54) is 23.6 Å². The van der Waals surface area contributed by atoms with Crippen LogP contribution in [0.5, 0.6) is 0 Å². The van der Waals surface area contributed by atoms with Crippen LogP contribution < -0.4 is 0 Å². The van der Waals surface area contributed by atoms with Gasteiger partial charge in [0.15, 0.2) is 5.17 Å². The summed E-state index contributed by atoms with van der Waals surface area (Å²) < 4.78 is 0. The zero-order chi connectivity index (χ0) is 13.1. The zero-order valence-corrected chi connectivity index (χ0v) is 11.1. The van der Waals surface area contributed by atoms with Crippen molar-refractivity contribution in [3.05, 3.63) is 35.9 Å². The molecular formula is C13H14N2O2S. The lowest BCUT2D eigenvalue weighted by Gasteiger charge is -2.22. The lowest BCUT2D eigenvalue weighted by atomic mass is 10.1. The number of rotatable bonds is 2. The van der Waals surface area contributed by atoms with E-state index in [9.17, 15) is 9.59 Å². The van der Waals surface area contributed by atoms with Crippen LogP contribution >= 0.6 is 11.8 Å². The van der Waals surface area contributed by atoms with Crippen molar-refractivity contribution in [3.8, 4) is 0 Å². The summed E-state index contributed by atoms with van der Waals surface area (Å²) in [6.07, 6.45) is 2.32. The number of benzene rings is 1. The monoisotopic (exact) mass is 262 g/mol. The van der Waals surface area contributed by atoms with Gasteiger partial charge in [0.1, 0.15) is 6.04 Å². The molecule has 0 unspecified atom stereocenters. The van der Waals surface area contributed by atoms with E-state index < -0.39 is 6.04 Å². The van der Waals surface area contributed by atoms with Crippen LogP contribution in [0.4, 0.5) is 0 Å². The molecule has 0 fully saturated rings. The minimum absolute atomic E-state index is 0.144. The highest BCUT2D eigenvalue weighted by molar-refractivity contribution is 8.13. The fourth-order valence-electron chi connectivity index (χ4n) is 1.98. The Morgan fingerprint density at radius 1 is 1.39 bits per heavy atom. The first kappa shape index (κ1) is 12.8. The Kier molecular flexibility index (Phi) is 3.81. The van der Waals surface area contributed by atoms with E-state index in [2.05, 4.69) is 4.99 Å². The minimum atomic E-state index is -0.493. The van der Waals surface area contributed by atoms with Crippen LogP contribution in [0, 0.1) is 0 Å². The smallest absolute Gasteiger partial charge is 0.271 e. The highest BCUT2D eigenvalue weighted by atomic mass is 32.2. The molecule has 2 amide bonds. The van der Waals surface area contributed by atoms with Gasteiger partial charge in [-0.15, -0.1) is 0 Å². The molecule has 18 heavy (non-hydrogen) atoms. The molecule has 5 heteroatoms. The molecule has 0 aliphatic carbocycles. The van der Waals surface area contributed by atoms with Crippen LogP contribution in [0.25, 0.3) is 0 Å². The van der Waals surface area contributed by atoms with Gasteiger partial charge in [-0.1, -0.05) is 42.1 Å². The Morgan fingerprint density at radius 2 is 2.06 bits per heavy atom. The third-order valence-electron chi connectivity index (χ3n) is 2.80. The van der Waals surface area contributed by atoms with Crippen LogP contribution in [0.3, 0.4) is 0 Å². The molecule has 1 aromatic carbocycles. The topological polar surface area (TPSA) is 49.7 Å². The number of amidine groups is 1. The van der Waals surface area contributed by atoms with Crippen LogP contribution in [0.15, 0.2) is 35.3 Å². The van der Waals surface area contributed by atoms with E-state index in [4.69, 9.17) is 0 Å². The van der Waals surface area contributed by atoms with Crippen molar-refractivity contribution >= 4 is 28.7 Å². The van der Waals surface area contributed by atoms with E-state index in [1.54, 1.807) is 0 Å². The van der Waals surface area contributed by atoms with Gasteiger partial charge in [-0.05, 0) is 11.8 Å². The maximum Gasteiger partial charge on any atom is 0.271 e. The summed E-state index contributed by atoms with van der Waals surface area (Å²) in [6, 6.07) is 9.16. The molecule has 1 aliphatic rings. The van der Waals surface area contributed by atoms with Crippen molar-refractivity contribution in [1.29, 1.82) is 0 Å². The summed E-state index contributed by atoms with van der Waals surface area (Å²) in [5, 5.41) is 0.494. The Balaban J connectivity index is 2.22. The largest absolute Gasteiger partial charge is 0.278 e. The van der Waals surface area contributed by atoms with Gasteiger partial charge in [0, 0.05) is 13.3 Å². The molecule has 0 saturated carbocycles. The molecule has 4 nitrogen and oxygen atoms in total. The first-order valence-corrected chi connectivity index (χ1v) is 6.86. The van der Waals surface area contributed by atoms with Crippen LogP contribution in [0.2, 0.25) is 0 Å². The van der Waals surface area contributed by atoms with Crippen molar-refractivity contribution in [3.63, 3.8) is 0 Å². The van der Waals surface area contributed by atoms with Gasteiger partial charge in [0.25, 0.3) is 5.91 Å². The van der Waals surface area contributed by atoms with Crippen molar-refractivity contribution in [2.75, 3.05) is 6.26 Å². The highest BCUT2D eigenvalue weighted by Crippen LogP contribution is 2.21. The Labute approximate surface area is 110 Å². The Morgan fingerprint density at radius 3 is 2.61 bits per heavy atom. The normalized spacial score (nSPS) is 19.0. The number of aliphatic imine (C=N–C) groups is 1. The van der Waals surface area contributed by atoms with Gasteiger partial charge >= 0.3 is 0 Å². The van der Waals surface area contributed by atoms with Gasteiger partial charge in [-0.25, -0.2) is 0 Å². The summed E-state index contributed by atoms with van der Waals surface area (Å²) in [6.45, 7) is 1.46. The van der Waals surface area contributed by atoms with Crippen molar-refractivity contribution in [2.45, 2.75) is 19.4 Å². The Bertz CT molecular complexity index is 499. The van der Waals surface area contributed by atoms with Crippen LogP contribution in [-0.4, -0.2) is 34.2 Å². The lowest BCUT2D eigenvalue weighted by Crippen LogP contribution is -2.41. The number of hydrogen-bond acceptors (Lipinski definition) is 3. The second-order valence-electron chi connectivity index (χ2n) is 4.03. The molecule has 0 bridgehead atoms. The predicted octanol–water partition coefficient (Wildman–Crippen LogP) is 1.71. The van der Waals surface area contributed by atoms with E-state index in [0.717, 1.165) is 5.56 Å². The molecule has 94 valence electrons. The number of nitrogens with zero attached hydrogens (tertiary/aromatic N) is 2. The average molecular weight is 262 g/mol. The molecular weight excluding hydrogens is 248 g/mol. The average Bonchev–Trinajstić information content (AvgIpc) is 2.67. The number of amides is 2. The molecule has 1 atom stereocenters. The zero-order valence-electron chi connectivity index (χ0n) is 10.3. The second kappa shape index (κ2) is 5.35. The fourth-order valence-corrected chi connectivity index (χ4v) is 2.61. The molecule has 0 aromatic heterocycles. The van der Waals surface area contributed by atoms with Crippen LogP contribution in [-0.2, 0) is 16.0 Å². The van der Waals surface area contributed by atoms with Crippen LogP contribution in [0.1, 0.15) is 12.5 Å². The van der Waals surface area contributed by atoms with Gasteiger partial charge in [-0.2, -0.15) is 4.99 Å². The summed E-state index contributed by atoms with van der Waals surface area (Å²) in [5.41, 5.74) is 1.03. The third-order valence-corrected chi connectivity index (χ3v) is 3.46. The van der Waals surface area contributed by atoms with Crippen molar-refractivity contribution < 1.29 is 9.59 Å². The number of hydrogen-bond donors (Lipinski definition) is 0. The van der Waals surface area contributed by atoms with Gasteiger partial charge in [0.05, 0.1) is 0 Å². The van der Waals surface area contributed by atoms with Crippen molar-refractivity contribution in [2.24, 2.45) is 4.99 Å². The van der Waals surface area contributed by atoms with Gasteiger partial charge in [-0.3, -0.25) is 14.5 Å². The second-order valence-corrected chi connectivity index (χ2v) is 4.80. The molecule has 1 aromatic rings.